The van der Waals surface area contributed by atoms with Gasteiger partial charge in [0.05, 0.1) is 0 Å². The number of halogens is 4. The van der Waals surface area contributed by atoms with Crippen LogP contribution in [0.3, 0.4) is 0 Å². The molecule has 1 rings (SSSR count). The van der Waals surface area contributed by atoms with Gasteiger partial charge in [0, 0.05) is 6.04 Å². The van der Waals surface area contributed by atoms with E-state index in [9.17, 15) is 4.79 Å². The van der Waals surface area contributed by atoms with E-state index in [1.165, 1.54) is 0 Å². The molecule has 0 atom stereocenters. The summed E-state index contributed by atoms with van der Waals surface area (Å²) in [6, 6.07) is 0.147. The van der Waals surface area contributed by atoms with Crippen molar-refractivity contribution in [2.45, 2.75) is 22.7 Å². The highest BCUT2D eigenvalue weighted by Crippen LogP contribution is 2.25. The maximum absolute atomic E-state index is 11.2. The number of alkyl carbamates (subject to hydrolysis) is 1. The molecule has 8 heteroatoms. The van der Waals surface area contributed by atoms with Crippen LogP contribution in [0.5, 0.6) is 0 Å². The molecule has 0 radical (unpaired) electrons. The predicted molar refractivity (Wildman–Crippen MR) is 67.9 cm³/mol. The Kier molecular flexibility index (Phi) is 7.85. The van der Waals surface area contributed by atoms with Crippen LogP contribution in [-0.4, -0.2) is 35.6 Å². The number of ether oxygens (including phenoxy) is 1. The summed E-state index contributed by atoms with van der Waals surface area (Å²) < 4.78 is 3.19. The number of alkyl halides is 3. The molecule has 1 saturated heterocycles. The number of amides is 1. The molecule has 2 N–H and O–H groups in total. The molecule has 16 heavy (non-hydrogen) atoms. The first-order valence-electron chi connectivity index (χ1n) is 4.68. The van der Waals surface area contributed by atoms with Gasteiger partial charge in [-0.1, -0.05) is 34.8 Å². The molecule has 1 aliphatic heterocycles. The normalized spacial score (nSPS) is 17.4. The molecular formula is C8H14Cl4N2O2. The van der Waals surface area contributed by atoms with Gasteiger partial charge >= 0.3 is 6.09 Å². The van der Waals surface area contributed by atoms with E-state index in [4.69, 9.17) is 39.5 Å². The Morgan fingerprint density at radius 2 is 1.94 bits per heavy atom. The molecule has 0 aromatic carbocycles. The molecule has 0 spiro atoms. The highest BCUT2D eigenvalue weighted by atomic mass is 35.6. The number of hydrogen-bond donors (Lipinski definition) is 2. The zero-order valence-electron chi connectivity index (χ0n) is 8.47. The van der Waals surface area contributed by atoms with E-state index in [2.05, 4.69) is 10.6 Å². The third-order valence-corrected chi connectivity index (χ3v) is 2.36. The summed E-state index contributed by atoms with van der Waals surface area (Å²) in [6.45, 7) is 1.55. The molecule has 0 bridgehead atoms. The highest BCUT2D eigenvalue weighted by molar-refractivity contribution is 6.67. The number of piperidine rings is 1. The molecular weight excluding hydrogens is 298 g/mol. The van der Waals surface area contributed by atoms with E-state index in [0.29, 0.717) is 0 Å². The van der Waals surface area contributed by atoms with Crippen molar-refractivity contribution in [1.82, 2.24) is 10.6 Å². The smallest absolute Gasteiger partial charge is 0.407 e. The van der Waals surface area contributed by atoms with Crippen LogP contribution in [-0.2, 0) is 4.74 Å². The van der Waals surface area contributed by atoms with Crippen molar-refractivity contribution in [3.8, 4) is 0 Å². The molecule has 0 aromatic rings. The summed E-state index contributed by atoms with van der Waals surface area (Å²) in [7, 11) is 0. The molecule has 1 aliphatic rings. The summed E-state index contributed by atoms with van der Waals surface area (Å²) in [5.41, 5.74) is 0. The van der Waals surface area contributed by atoms with E-state index in [0.717, 1.165) is 25.9 Å². The molecule has 0 aromatic heterocycles. The second-order valence-corrected chi connectivity index (χ2v) is 5.88. The van der Waals surface area contributed by atoms with Gasteiger partial charge in [0.25, 0.3) is 0 Å². The molecule has 1 fully saturated rings. The largest absolute Gasteiger partial charge is 0.445 e. The molecule has 4 nitrogen and oxygen atoms in total. The van der Waals surface area contributed by atoms with Gasteiger partial charge in [-0.15, -0.1) is 12.4 Å². The Morgan fingerprint density at radius 3 is 2.44 bits per heavy atom. The Labute approximate surface area is 116 Å². The SMILES string of the molecule is Cl.O=C(NC1CCNCC1)OCC(Cl)(Cl)Cl. The Balaban J connectivity index is 0.00000225. The molecule has 0 unspecified atom stereocenters. The molecule has 1 amide bonds. The fourth-order valence-corrected chi connectivity index (χ4v) is 1.49. The second-order valence-electron chi connectivity index (χ2n) is 3.36. The van der Waals surface area contributed by atoms with E-state index in [1.54, 1.807) is 0 Å². The van der Waals surface area contributed by atoms with E-state index in [-0.39, 0.29) is 25.1 Å². The van der Waals surface area contributed by atoms with Crippen LogP contribution >= 0.6 is 47.2 Å². The maximum Gasteiger partial charge on any atom is 0.407 e. The van der Waals surface area contributed by atoms with Crippen molar-refractivity contribution in [1.29, 1.82) is 0 Å². The monoisotopic (exact) mass is 310 g/mol. The molecule has 1 heterocycles. The van der Waals surface area contributed by atoms with Gasteiger partial charge in [0.2, 0.25) is 3.79 Å². The van der Waals surface area contributed by atoms with Crippen molar-refractivity contribution in [2.75, 3.05) is 19.7 Å². The third-order valence-electron chi connectivity index (χ3n) is 2.03. The van der Waals surface area contributed by atoms with E-state index >= 15 is 0 Å². The first-order chi connectivity index (χ1) is 6.97. The quantitative estimate of drug-likeness (QED) is 0.769. The van der Waals surface area contributed by atoms with E-state index in [1.807, 2.05) is 0 Å². The first-order valence-corrected chi connectivity index (χ1v) is 5.81. The number of rotatable bonds is 2. The van der Waals surface area contributed by atoms with Crippen LogP contribution in [0, 0.1) is 0 Å². The van der Waals surface area contributed by atoms with Crippen LogP contribution in [0.15, 0.2) is 0 Å². The van der Waals surface area contributed by atoms with Crippen LogP contribution in [0.4, 0.5) is 4.79 Å². The van der Waals surface area contributed by atoms with Crippen molar-refractivity contribution in [3.05, 3.63) is 0 Å². The third kappa shape index (κ3) is 7.63. The minimum Gasteiger partial charge on any atom is -0.445 e. The average molecular weight is 312 g/mol. The predicted octanol–water partition coefficient (Wildman–Crippen LogP) is 2.26. The number of carbonyl (C=O) groups excluding carboxylic acids is 1. The maximum atomic E-state index is 11.2. The number of carbonyl (C=O) groups is 1. The minimum absolute atomic E-state index is 0. The number of nitrogens with one attached hydrogen (secondary N) is 2. The van der Waals surface area contributed by atoms with Gasteiger partial charge < -0.3 is 15.4 Å². The summed E-state index contributed by atoms with van der Waals surface area (Å²) in [5, 5.41) is 5.90. The first kappa shape index (κ1) is 16.4. The fourth-order valence-electron chi connectivity index (χ4n) is 1.32. The summed E-state index contributed by atoms with van der Waals surface area (Å²) >= 11 is 16.3. The van der Waals surface area contributed by atoms with Crippen molar-refractivity contribution in [3.63, 3.8) is 0 Å². The van der Waals surface area contributed by atoms with Crippen molar-refractivity contribution < 1.29 is 9.53 Å². The van der Waals surface area contributed by atoms with Gasteiger partial charge in [0.15, 0.2) is 0 Å². The highest BCUT2D eigenvalue weighted by Gasteiger charge is 2.23. The topological polar surface area (TPSA) is 50.4 Å². The number of hydrogen-bond acceptors (Lipinski definition) is 3. The minimum atomic E-state index is -1.55. The van der Waals surface area contributed by atoms with Gasteiger partial charge in [0.1, 0.15) is 6.61 Å². The van der Waals surface area contributed by atoms with Crippen LogP contribution in [0.25, 0.3) is 0 Å². The zero-order chi connectivity index (χ0) is 11.3. The lowest BCUT2D eigenvalue weighted by molar-refractivity contribution is 0.142. The lowest BCUT2D eigenvalue weighted by Crippen LogP contribution is -2.43. The lowest BCUT2D eigenvalue weighted by Gasteiger charge is -2.23. The summed E-state index contributed by atoms with van der Waals surface area (Å²) in [4.78, 5) is 11.2. The average Bonchev–Trinajstić information content (AvgIpc) is 2.15. The van der Waals surface area contributed by atoms with Crippen LogP contribution in [0.1, 0.15) is 12.8 Å². The Morgan fingerprint density at radius 1 is 1.38 bits per heavy atom. The Bertz CT molecular complexity index is 217. The standard InChI is InChI=1S/C8H13Cl3N2O2.ClH/c9-8(10,11)5-15-7(14)13-6-1-3-12-4-2-6;/h6,12H,1-5H2,(H,13,14);1H. The second kappa shape index (κ2) is 7.67. The zero-order valence-corrected chi connectivity index (χ0v) is 11.6. The van der Waals surface area contributed by atoms with Gasteiger partial charge in [-0.05, 0) is 25.9 Å². The van der Waals surface area contributed by atoms with E-state index < -0.39 is 9.89 Å². The lowest BCUT2D eigenvalue weighted by atomic mass is 10.1. The molecule has 0 aliphatic carbocycles. The van der Waals surface area contributed by atoms with Gasteiger partial charge in [-0.25, -0.2) is 4.79 Å². The fraction of sp³-hybridized carbons (Fsp3) is 0.875. The Hall–Kier alpha value is 0.390. The summed E-state index contributed by atoms with van der Waals surface area (Å²) in [6.07, 6.45) is 1.25. The van der Waals surface area contributed by atoms with Crippen LogP contribution in [0.2, 0.25) is 0 Å². The van der Waals surface area contributed by atoms with Crippen LogP contribution < -0.4 is 10.6 Å². The van der Waals surface area contributed by atoms with Gasteiger partial charge in [-0.3, -0.25) is 0 Å². The summed E-state index contributed by atoms with van der Waals surface area (Å²) in [5.74, 6) is 0. The molecule has 96 valence electrons. The molecule has 0 saturated carbocycles. The van der Waals surface area contributed by atoms with Gasteiger partial charge in [-0.2, -0.15) is 0 Å². The van der Waals surface area contributed by atoms with Crippen molar-refractivity contribution >= 4 is 53.3 Å². The van der Waals surface area contributed by atoms with Crippen molar-refractivity contribution in [2.24, 2.45) is 0 Å².